The van der Waals surface area contributed by atoms with E-state index >= 15 is 0 Å². The van der Waals surface area contributed by atoms with Gasteiger partial charge in [-0.15, -0.1) is 0 Å². The van der Waals surface area contributed by atoms with Crippen LogP contribution in [0, 0.1) is 6.92 Å². The molecule has 21 heavy (non-hydrogen) atoms. The van der Waals surface area contributed by atoms with Crippen molar-refractivity contribution in [2.45, 2.75) is 6.92 Å². The Morgan fingerprint density at radius 1 is 0.857 bits per heavy atom. The van der Waals surface area contributed by atoms with Crippen LogP contribution in [0.5, 0.6) is 11.6 Å². The molecule has 0 spiro atoms. The van der Waals surface area contributed by atoms with Crippen LogP contribution in [-0.2, 0) is 0 Å². The Kier molecular flexibility index (Phi) is 3.51. The standard InChI is InChI=1S/C17H15N3O/c1-12-19-16(18)11-17(20-12)21-15-9-7-14(8-10-15)13-5-3-2-4-6-13/h2-11H,1H3,(H2,18,19,20). The van der Waals surface area contributed by atoms with E-state index in [4.69, 9.17) is 10.5 Å². The summed E-state index contributed by atoms with van der Waals surface area (Å²) in [6.45, 7) is 1.78. The highest BCUT2D eigenvalue weighted by Crippen LogP contribution is 2.25. The zero-order chi connectivity index (χ0) is 14.7. The second kappa shape index (κ2) is 5.63. The minimum Gasteiger partial charge on any atom is -0.439 e. The van der Waals surface area contributed by atoms with Crippen molar-refractivity contribution in [3.63, 3.8) is 0 Å². The molecule has 0 radical (unpaired) electrons. The molecule has 104 valence electrons. The van der Waals surface area contributed by atoms with Gasteiger partial charge in [0, 0.05) is 6.07 Å². The van der Waals surface area contributed by atoms with Crippen molar-refractivity contribution in [3.8, 4) is 22.8 Å². The topological polar surface area (TPSA) is 61.0 Å². The summed E-state index contributed by atoms with van der Waals surface area (Å²) in [6.07, 6.45) is 0. The molecule has 4 nitrogen and oxygen atoms in total. The number of ether oxygens (including phenoxy) is 1. The summed E-state index contributed by atoms with van der Waals surface area (Å²) >= 11 is 0. The van der Waals surface area contributed by atoms with E-state index in [0.717, 1.165) is 5.56 Å². The monoisotopic (exact) mass is 277 g/mol. The van der Waals surface area contributed by atoms with E-state index in [2.05, 4.69) is 22.1 Å². The van der Waals surface area contributed by atoms with Gasteiger partial charge < -0.3 is 10.5 Å². The van der Waals surface area contributed by atoms with Crippen LogP contribution in [0.15, 0.2) is 60.7 Å². The second-order valence-corrected chi connectivity index (χ2v) is 4.67. The summed E-state index contributed by atoms with van der Waals surface area (Å²) in [7, 11) is 0. The van der Waals surface area contributed by atoms with Gasteiger partial charge in [-0.3, -0.25) is 0 Å². The third-order valence-electron chi connectivity index (χ3n) is 3.02. The third kappa shape index (κ3) is 3.17. The van der Waals surface area contributed by atoms with Crippen LogP contribution in [0.25, 0.3) is 11.1 Å². The fourth-order valence-electron chi connectivity index (χ4n) is 2.08. The van der Waals surface area contributed by atoms with Crippen molar-refractivity contribution in [3.05, 3.63) is 66.5 Å². The van der Waals surface area contributed by atoms with E-state index in [9.17, 15) is 0 Å². The molecular weight excluding hydrogens is 262 g/mol. The molecule has 3 rings (SSSR count). The largest absolute Gasteiger partial charge is 0.439 e. The van der Waals surface area contributed by atoms with Crippen LogP contribution in [0.2, 0.25) is 0 Å². The van der Waals surface area contributed by atoms with E-state index in [1.54, 1.807) is 13.0 Å². The molecule has 0 amide bonds. The number of nitrogens with zero attached hydrogens (tertiary/aromatic N) is 2. The van der Waals surface area contributed by atoms with Crippen molar-refractivity contribution in [1.29, 1.82) is 0 Å². The molecule has 1 heterocycles. The Morgan fingerprint density at radius 2 is 1.52 bits per heavy atom. The van der Waals surface area contributed by atoms with Crippen LogP contribution in [-0.4, -0.2) is 9.97 Å². The number of aryl methyl sites for hydroxylation is 1. The molecule has 0 aliphatic heterocycles. The van der Waals surface area contributed by atoms with E-state index in [1.807, 2.05) is 42.5 Å². The van der Waals surface area contributed by atoms with Crippen molar-refractivity contribution in [2.24, 2.45) is 0 Å². The number of hydrogen-bond acceptors (Lipinski definition) is 4. The van der Waals surface area contributed by atoms with E-state index in [0.29, 0.717) is 23.3 Å². The summed E-state index contributed by atoms with van der Waals surface area (Å²) in [5.74, 6) is 2.16. The van der Waals surface area contributed by atoms with E-state index < -0.39 is 0 Å². The maximum atomic E-state index is 5.70. The van der Waals surface area contributed by atoms with E-state index in [1.165, 1.54) is 5.56 Å². The smallest absolute Gasteiger partial charge is 0.224 e. The van der Waals surface area contributed by atoms with Crippen molar-refractivity contribution in [2.75, 3.05) is 5.73 Å². The molecule has 0 aliphatic rings. The minimum atomic E-state index is 0.401. The minimum absolute atomic E-state index is 0.401. The molecule has 2 aromatic carbocycles. The molecule has 0 saturated heterocycles. The lowest BCUT2D eigenvalue weighted by Crippen LogP contribution is -1.97. The molecule has 0 aliphatic carbocycles. The van der Waals surface area contributed by atoms with Gasteiger partial charge in [-0.2, -0.15) is 4.98 Å². The Hall–Kier alpha value is -2.88. The van der Waals surface area contributed by atoms with Gasteiger partial charge in [0.1, 0.15) is 17.4 Å². The molecule has 0 bridgehead atoms. The van der Waals surface area contributed by atoms with Crippen LogP contribution in [0.3, 0.4) is 0 Å². The normalized spacial score (nSPS) is 10.3. The lowest BCUT2D eigenvalue weighted by molar-refractivity contribution is 0.460. The molecule has 0 unspecified atom stereocenters. The van der Waals surface area contributed by atoms with Crippen LogP contribution >= 0.6 is 0 Å². The molecule has 1 aromatic heterocycles. The number of nitrogen functional groups attached to an aromatic ring is 1. The highest BCUT2D eigenvalue weighted by Gasteiger charge is 2.03. The van der Waals surface area contributed by atoms with Gasteiger partial charge in [0.2, 0.25) is 5.88 Å². The van der Waals surface area contributed by atoms with Crippen molar-refractivity contribution >= 4 is 5.82 Å². The number of benzene rings is 2. The Morgan fingerprint density at radius 3 is 2.19 bits per heavy atom. The second-order valence-electron chi connectivity index (χ2n) is 4.67. The summed E-state index contributed by atoms with van der Waals surface area (Å²) in [5, 5.41) is 0. The Labute approximate surface area is 123 Å². The number of anilines is 1. The Bertz CT molecular complexity index is 719. The zero-order valence-electron chi connectivity index (χ0n) is 11.7. The van der Waals surface area contributed by atoms with Gasteiger partial charge in [-0.05, 0) is 30.2 Å². The molecule has 0 atom stereocenters. The fourth-order valence-corrected chi connectivity index (χ4v) is 2.08. The Balaban J connectivity index is 1.81. The molecule has 0 saturated carbocycles. The molecule has 4 heteroatoms. The third-order valence-corrected chi connectivity index (χ3v) is 3.02. The van der Waals surface area contributed by atoms with Crippen LogP contribution < -0.4 is 10.5 Å². The highest BCUT2D eigenvalue weighted by atomic mass is 16.5. The predicted molar refractivity (Wildman–Crippen MR) is 83.1 cm³/mol. The first-order valence-corrected chi connectivity index (χ1v) is 6.65. The summed E-state index contributed by atoms with van der Waals surface area (Å²) < 4.78 is 5.70. The first-order valence-electron chi connectivity index (χ1n) is 6.65. The van der Waals surface area contributed by atoms with Gasteiger partial charge in [0.25, 0.3) is 0 Å². The van der Waals surface area contributed by atoms with Gasteiger partial charge in [0.15, 0.2) is 0 Å². The molecule has 3 aromatic rings. The average molecular weight is 277 g/mol. The average Bonchev–Trinajstić information content (AvgIpc) is 2.48. The first kappa shape index (κ1) is 13.1. The quantitative estimate of drug-likeness (QED) is 0.790. The van der Waals surface area contributed by atoms with Gasteiger partial charge in [-0.25, -0.2) is 4.98 Å². The molecule has 2 N–H and O–H groups in total. The SMILES string of the molecule is Cc1nc(N)cc(Oc2ccc(-c3ccccc3)cc2)n1. The maximum Gasteiger partial charge on any atom is 0.224 e. The van der Waals surface area contributed by atoms with Crippen molar-refractivity contribution in [1.82, 2.24) is 9.97 Å². The summed E-state index contributed by atoms with van der Waals surface area (Å²) in [6, 6.07) is 19.7. The van der Waals surface area contributed by atoms with Gasteiger partial charge in [-0.1, -0.05) is 42.5 Å². The van der Waals surface area contributed by atoms with Crippen molar-refractivity contribution < 1.29 is 4.74 Å². The van der Waals surface area contributed by atoms with E-state index in [-0.39, 0.29) is 0 Å². The first-order chi connectivity index (χ1) is 10.2. The molecule has 0 fully saturated rings. The predicted octanol–water partition coefficient (Wildman–Crippen LogP) is 3.83. The number of rotatable bonds is 3. The van der Waals surface area contributed by atoms with Gasteiger partial charge >= 0.3 is 0 Å². The lowest BCUT2D eigenvalue weighted by atomic mass is 10.1. The lowest BCUT2D eigenvalue weighted by Gasteiger charge is -2.07. The number of hydrogen-bond donors (Lipinski definition) is 1. The fraction of sp³-hybridized carbons (Fsp3) is 0.0588. The maximum absolute atomic E-state index is 5.70. The summed E-state index contributed by atoms with van der Waals surface area (Å²) in [5.41, 5.74) is 7.99. The zero-order valence-corrected chi connectivity index (χ0v) is 11.7. The number of aromatic nitrogens is 2. The van der Waals surface area contributed by atoms with Gasteiger partial charge in [0.05, 0.1) is 0 Å². The molecular formula is C17H15N3O. The summed E-state index contributed by atoms with van der Waals surface area (Å²) in [4.78, 5) is 8.21. The highest BCUT2D eigenvalue weighted by molar-refractivity contribution is 5.64. The number of nitrogens with two attached hydrogens (primary N) is 1. The van der Waals surface area contributed by atoms with Crippen LogP contribution in [0.4, 0.5) is 5.82 Å². The van der Waals surface area contributed by atoms with Crippen LogP contribution in [0.1, 0.15) is 5.82 Å².